The first-order valence-electron chi connectivity index (χ1n) is 15.3. The predicted molar refractivity (Wildman–Crippen MR) is 190 cm³/mol. The average molecular weight is 557 g/mol. The van der Waals surface area contributed by atoms with Crippen LogP contribution in [0.2, 0.25) is 0 Å². The van der Waals surface area contributed by atoms with Gasteiger partial charge in [-0.05, 0) is 112 Å². The second-order valence-electron chi connectivity index (χ2n) is 11.7. The lowest BCUT2D eigenvalue weighted by molar-refractivity contribution is 1.64. The van der Waals surface area contributed by atoms with Gasteiger partial charge in [0.15, 0.2) is 0 Å². The van der Waals surface area contributed by atoms with Crippen molar-refractivity contribution in [3.63, 3.8) is 0 Å². The molecule has 0 aliphatic rings. The lowest BCUT2D eigenvalue weighted by Crippen LogP contribution is -1.91. The number of hydrogen-bond acceptors (Lipinski definition) is 0. The molecule has 0 amide bonds. The summed E-state index contributed by atoms with van der Waals surface area (Å²) >= 11 is 0. The highest BCUT2D eigenvalue weighted by molar-refractivity contribution is 6.22. The number of hydrogen-bond donors (Lipinski definition) is 0. The molecule has 0 heterocycles. The monoisotopic (exact) mass is 556 g/mol. The summed E-state index contributed by atoms with van der Waals surface area (Å²) in [5.74, 6) is 0. The maximum absolute atomic E-state index is 2.41. The number of rotatable bonds is 3. The molecule has 0 bridgehead atoms. The SMILES string of the molecule is c1ccc(-c2c3ccccc3c(-c3ccccc3)c3cc(-c4ccc5cc6c(ccc7ccccc76)cc5c4)ccc23)cc1. The molecule has 44 heavy (non-hydrogen) atoms. The fraction of sp³-hybridized carbons (Fsp3) is 0. The van der Waals surface area contributed by atoms with Gasteiger partial charge in [-0.15, -0.1) is 0 Å². The van der Waals surface area contributed by atoms with Crippen LogP contribution in [0, 0.1) is 0 Å². The molecule has 0 saturated heterocycles. The van der Waals surface area contributed by atoms with Crippen molar-refractivity contribution in [3.8, 4) is 33.4 Å². The standard InChI is InChI=1S/C44H28/c1-3-12-30(13-4-1)43-38-17-9-10-18-39(38)44(31-14-5-2-6-15-31)42-28-33(23-24-40(42)43)32-20-21-34-27-41-35(26-36(34)25-32)22-19-29-11-7-8-16-37(29)41/h1-28H. The van der Waals surface area contributed by atoms with E-state index >= 15 is 0 Å². The highest BCUT2D eigenvalue weighted by Crippen LogP contribution is 2.45. The molecule has 0 unspecified atom stereocenters. The zero-order chi connectivity index (χ0) is 29.0. The number of benzene rings is 9. The van der Waals surface area contributed by atoms with Crippen LogP contribution in [0.25, 0.3) is 87.2 Å². The Labute approximate surface area is 256 Å². The highest BCUT2D eigenvalue weighted by atomic mass is 14.2. The van der Waals surface area contributed by atoms with Crippen molar-refractivity contribution < 1.29 is 0 Å². The molecule has 0 saturated carbocycles. The third kappa shape index (κ3) is 3.92. The minimum Gasteiger partial charge on any atom is -0.0622 e. The van der Waals surface area contributed by atoms with E-state index in [1.807, 2.05) is 0 Å². The quantitative estimate of drug-likeness (QED) is 0.150. The minimum absolute atomic E-state index is 1.23. The van der Waals surface area contributed by atoms with E-state index in [2.05, 4.69) is 170 Å². The van der Waals surface area contributed by atoms with Crippen LogP contribution in [-0.2, 0) is 0 Å². The van der Waals surface area contributed by atoms with Gasteiger partial charge < -0.3 is 0 Å². The summed E-state index contributed by atoms with van der Waals surface area (Å²) in [5, 5.41) is 12.8. The van der Waals surface area contributed by atoms with Crippen molar-refractivity contribution in [2.45, 2.75) is 0 Å². The number of fused-ring (bicyclic) bond motifs is 6. The largest absolute Gasteiger partial charge is 0.0622 e. The Morgan fingerprint density at radius 1 is 0.205 bits per heavy atom. The maximum Gasteiger partial charge on any atom is -0.00262 e. The van der Waals surface area contributed by atoms with Crippen LogP contribution < -0.4 is 0 Å². The van der Waals surface area contributed by atoms with Crippen LogP contribution >= 0.6 is 0 Å². The topological polar surface area (TPSA) is 0 Å². The zero-order valence-electron chi connectivity index (χ0n) is 24.2. The summed E-state index contributed by atoms with van der Waals surface area (Å²) < 4.78 is 0. The molecule has 0 heteroatoms. The molecule has 0 radical (unpaired) electrons. The van der Waals surface area contributed by atoms with Gasteiger partial charge in [-0.25, -0.2) is 0 Å². The van der Waals surface area contributed by atoms with Crippen LogP contribution in [0.15, 0.2) is 170 Å². The van der Waals surface area contributed by atoms with E-state index in [0.29, 0.717) is 0 Å². The lowest BCUT2D eigenvalue weighted by Gasteiger charge is -2.19. The van der Waals surface area contributed by atoms with E-state index < -0.39 is 0 Å². The van der Waals surface area contributed by atoms with Gasteiger partial charge in [0.05, 0.1) is 0 Å². The Bertz CT molecular complexity index is 2520. The van der Waals surface area contributed by atoms with Crippen LogP contribution in [-0.4, -0.2) is 0 Å². The molecular formula is C44H28. The zero-order valence-corrected chi connectivity index (χ0v) is 24.2. The fourth-order valence-electron chi connectivity index (χ4n) is 7.12. The van der Waals surface area contributed by atoms with Crippen LogP contribution in [0.3, 0.4) is 0 Å². The van der Waals surface area contributed by atoms with E-state index in [4.69, 9.17) is 0 Å². The second-order valence-corrected chi connectivity index (χ2v) is 11.7. The van der Waals surface area contributed by atoms with Crippen molar-refractivity contribution in [1.82, 2.24) is 0 Å². The Hall–Kier alpha value is -5.72. The first kappa shape index (κ1) is 24.8. The van der Waals surface area contributed by atoms with Gasteiger partial charge in [-0.1, -0.05) is 146 Å². The second kappa shape index (κ2) is 9.93. The van der Waals surface area contributed by atoms with Gasteiger partial charge >= 0.3 is 0 Å². The Balaban J connectivity index is 1.31. The molecule has 9 aromatic carbocycles. The van der Waals surface area contributed by atoms with Gasteiger partial charge in [0, 0.05) is 0 Å². The smallest absolute Gasteiger partial charge is 0.00262 e. The Morgan fingerprint density at radius 2 is 0.727 bits per heavy atom. The molecule has 0 aliphatic carbocycles. The summed E-state index contributed by atoms with van der Waals surface area (Å²) in [6.45, 7) is 0. The van der Waals surface area contributed by atoms with Gasteiger partial charge in [0.1, 0.15) is 0 Å². The highest BCUT2D eigenvalue weighted by Gasteiger charge is 2.17. The third-order valence-electron chi connectivity index (χ3n) is 9.18. The first-order chi connectivity index (χ1) is 21.8. The van der Waals surface area contributed by atoms with Crippen molar-refractivity contribution in [2.24, 2.45) is 0 Å². The summed E-state index contributed by atoms with van der Waals surface area (Å²) in [7, 11) is 0. The van der Waals surface area contributed by atoms with Crippen LogP contribution in [0.5, 0.6) is 0 Å². The van der Waals surface area contributed by atoms with E-state index in [1.165, 1.54) is 87.2 Å². The molecule has 0 spiro atoms. The predicted octanol–water partition coefficient (Wildman–Crippen LogP) is 12.5. The maximum atomic E-state index is 2.41. The lowest BCUT2D eigenvalue weighted by atomic mass is 9.85. The molecular weight excluding hydrogens is 528 g/mol. The first-order valence-corrected chi connectivity index (χ1v) is 15.3. The molecule has 204 valence electrons. The molecule has 0 fully saturated rings. The molecule has 0 atom stereocenters. The van der Waals surface area contributed by atoms with Gasteiger partial charge in [-0.3, -0.25) is 0 Å². The minimum atomic E-state index is 1.23. The molecule has 0 N–H and O–H groups in total. The van der Waals surface area contributed by atoms with Gasteiger partial charge in [0.2, 0.25) is 0 Å². The molecule has 0 aromatic heterocycles. The van der Waals surface area contributed by atoms with Crippen LogP contribution in [0.4, 0.5) is 0 Å². The van der Waals surface area contributed by atoms with Crippen LogP contribution in [0.1, 0.15) is 0 Å². The van der Waals surface area contributed by atoms with Crippen molar-refractivity contribution in [3.05, 3.63) is 170 Å². The normalized spacial score (nSPS) is 11.6. The van der Waals surface area contributed by atoms with E-state index in [9.17, 15) is 0 Å². The van der Waals surface area contributed by atoms with E-state index in [1.54, 1.807) is 0 Å². The van der Waals surface area contributed by atoms with Gasteiger partial charge in [-0.2, -0.15) is 0 Å². The molecule has 9 rings (SSSR count). The average Bonchev–Trinajstić information content (AvgIpc) is 3.10. The van der Waals surface area contributed by atoms with Gasteiger partial charge in [0.25, 0.3) is 0 Å². The van der Waals surface area contributed by atoms with Crippen molar-refractivity contribution in [1.29, 1.82) is 0 Å². The van der Waals surface area contributed by atoms with Crippen molar-refractivity contribution in [2.75, 3.05) is 0 Å². The third-order valence-corrected chi connectivity index (χ3v) is 9.18. The Morgan fingerprint density at radius 3 is 1.45 bits per heavy atom. The molecule has 0 nitrogen and oxygen atoms in total. The Kier molecular flexibility index (Phi) is 5.61. The summed E-state index contributed by atoms with van der Waals surface area (Å²) in [4.78, 5) is 0. The molecule has 9 aromatic rings. The van der Waals surface area contributed by atoms with E-state index in [0.717, 1.165) is 0 Å². The molecule has 0 aliphatic heterocycles. The summed E-state index contributed by atoms with van der Waals surface area (Å²) in [5.41, 5.74) is 7.52. The fourth-order valence-corrected chi connectivity index (χ4v) is 7.12. The van der Waals surface area contributed by atoms with Crippen molar-refractivity contribution >= 4 is 53.9 Å². The summed E-state index contributed by atoms with van der Waals surface area (Å²) in [6, 6.07) is 62.3. The van der Waals surface area contributed by atoms with E-state index in [-0.39, 0.29) is 0 Å². The summed E-state index contributed by atoms with van der Waals surface area (Å²) in [6.07, 6.45) is 0.